The number of nitrogens with one attached hydrogen (secondary N) is 1. The molecule has 2 heterocycles. The third-order valence-electron chi connectivity index (χ3n) is 3.86. The van der Waals surface area contributed by atoms with Gasteiger partial charge in [-0.15, -0.1) is 0 Å². The van der Waals surface area contributed by atoms with Crippen LogP contribution in [0.25, 0.3) is 0 Å². The molecule has 0 bridgehead atoms. The minimum absolute atomic E-state index is 0.343. The molecular formula is C11H22N2O2. The maximum absolute atomic E-state index is 9.71. The van der Waals surface area contributed by atoms with Gasteiger partial charge >= 0.3 is 0 Å². The van der Waals surface area contributed by atoms with Gasteiger partial charge in [0, 0.05) is 26.2 Å². The van der Waals surface area contributed by atoms with Crippen molar-refractivity contribution in [1.29, 1.82) is 0 Å². The standard InChI is InChI=1S/C11H22N2O2/c1-8-11-4-12-3-9(11)5-13(8)6-10(14)7-15-2/h8-12,14H,3-7H2,1-2H3. The van der Waals surface area contributed by atoms with Crippen LogP contribution in [0.2, 0.25) is 0 Å². The van der Waals surface area contributed by atoms with Crippen molar-refractivity contribution < 1.29 is 9.84 Å². The minimum Gasteiger partial charge on any atom is -0.389 e. The Hall–Kier alpha value is -0.160. The number of hydrogen-bond acceptors (Lipinski definition) is 4. The lowest BCUT2D eigenvalue weighted by Crippen LogP contribution is -2.39. The molecule has 0 aromatic rings. The first kappa shape index (κ1) is 11.3. The Bertz CT molecular complexity index is 213. The molecule has 0 aromatic carbocycles. The van der Waals surface area contributed by atoms with Gasteiger partial charge in [-0.2, -0.15) is 0 Å². The lowest BCUT2D eigenvalue weighted by molar-refractivity contribution is 0.0337. The number of rotatable bonds is 4. The highest BCUT2D eigenvalue weighted by Crippen LogP contribution is 2.32. The second-order valence-corrected chi connectivity index (χ2v) is 4.89. The van der Waals surface area contributed by atoms with Crippen molar-refractivity contribution in [3.05, 3.63) is 0 Å². The summed E-state index contributed by atoms with van der Waals surface area (Å²) in [6.07, 6.45) is -0.343. The summed E-state index contributed by atoms with van der Waals surface area (Å²) in [6.45, 7) is 6.88. The summed E-state index contributed by atoms with van der Waals surface area (Å²) in [7, 11) is 1.63. The van der Waals surface area contributed by atoms with E-state index in [2.05, 4.69) is 17.1 Å². The van der Waals surface area contributed by atoms with Crippen LogP contribution in [0.4, 0.5) is 0 Å². The fraction of sp³-hybridized carbons (Fsp3) is 1.00. The number of nitrogens with zero attached hydrogens (tertiary/aromatic N) is 1. The number of ether oxygens (including phenoxy) is 1. The number of fused-ring (bicyclic) bond motifs is 1. The summed E-state index contributed by atoms with van der Waals surface area (Å²) in [5, 5.41) is 13.1. The van der Waals surface area contributed by atoms with Gasteiger partial charge in [-0.05, 0) is 31.8 Å². The molecule has 15 heavy (non-hydrogen) atoms. The van der Waals surface area contributed by atoms with Crippen LogP contribution in [0.3, 0.4) is 0 Å². The van der Waals surface area contributed by atoms with Crippen LogP contribution >= 0.6 is 0 Å². The summed E-state index contributed by atoms with van der Waals surface area (Å²) in [5.41, 5.74) is 0. The van der Waals surface area contributed by atoms with Gasteiger partial charge in [0.2, 0.25) is 0 Å². The average Bonchev–Trinajstić information content (AvgIpc) is 2.72. The van der Waals surface area contributed by atoms with E-state index in [0.29, 0.717) is 12.6 Å². The summed E-state index contributed by atoms with van der Waals surface area (Å²) in [6, 6.07) is 0.594. The van der Waals surface area contributed by atoms with Crippen LogP contribution in [0.5, 0.6) is 0 Å². The second-order valence-electron chi connectivity index (χ2n) is 4.89. The Labute approximate surface area is 91.6 Å². The van der Waals surface area contributed by atoms with E-state index in [1.165, 1.54) is 0 Å². The van der Waals surface area contributed by atoms with E-state index in [0.717, 1.165) is 38.0 Å². The summed E-state index contributed by atoms with van der Waals surface area (Å²) < 4.78 is 4.95. The van der Waals surface area contributed by atoms with Crippen LogP contribution in [0.1, 0.15) is 6.92 Å². The number of β-amino-alcohol motifs (C(OH)–C–C–N with tert-alkyl or cyclic N) is 1. The smallest absolute Gasteiger partial charge is 0.0900 e. The first-order chi connectivity index (χ1) is 7.22. The van der Waals surface area contributed by atoms with E-state index in [1.807, 2.05) is 0 Å². The highest BCUT2D eigenvalue weighted by molar-refractivity contribution is 4.96. The predicted octanol–water partition coefficient (Wildman–Crippen LogP) is -0.467. The van der Waals surface area contributed by atoms with Gasteiger partial charge in [-0.25, -0.2) is 0 Å². The van der Waals surface area contributed by atoms with Crippen molar-refractivity contribution in [3.8, 4) is 0 Å². The zero-order valence-corrected chi connectivity index (χ0v) is 9.65. The molecule has 4 atom stereocenters. The highest BCUT2D eigenvalue weighted by Gasteiger charge is 2.41. The Kier molecular flexibility index (Phi) is 3.61. The van der Waals surface area contributed by atoms with Crippen molar-refractivity contribution in [2.75, 3.05) is 39.9 Å². The van der Waals surface area contributed by atoms with Gasteiger partial charge in [0.05, 0.1) is 12.7 Å². The first-order valence-corrected chi connectivity index (χ1v) is 5.84. The highest BCUT2D eigenvalue weighted by atomic mass is 16.5. The Morgan fingerprint density at radius 2 is 2.33 bits per heavy atom. The van der Waals surface area contributed by atoms with Crippen LogP contribution in [-0.4, -0.2) is 62.0 Å². The zero-order chi connectivity index (χ0) is 10.8. The fourth-order valence-corrected chi connectivity index (χ4v) is 3.01. The van der Waals surface area contributed by atoms with Gasteiger partial charge in [-0.1, -0.05) is 0 Å². The van der Waals surface area contributed by atoms with E-state index in [4.69, 9.17) is 4.74 Å². The van der Waals surface area contributed by atoms with Crippen LogP contribution in [0, 0.1) is 11.8 Å². The molecule has 0 saturated carbocycles. The molecule has 2 rings (SSSR count). The number of likely N-dealkylation sites (tertiary alicyclic amines) is 1. The second kappa shape index (κ2) is 4.78. The Morgan fingerprint density at radius 3 is 3.00 bits per heavy atom. The van der Waals surface area contributed by atoms with Crippen molar-refractivity contribution in [3.63, 3.8) is 0 Å². The molecule has 0 radical (unpaired) electrons. The largest absolute Gasteiger partial charge is 0.389 e. The molecule has 4 nitrogen and oxygen atoms in total. The number of methoxy groups -OCH3 is 1. The molecule has 0 aliphatic carbocycles. The van der Waals surface area contributed by atoms with E-state index in [1.54, 1.807) is 7.11 Å². The molecular weight excluding hydrogens is 192 g/mol. The van der Waals surface area contributed by atoms with Crippen LogP contribution in [-0.2, 0) is 4.74 Å². The summed E-state index contributed by atoms with van der Waals surface area (Å²) in [5.74, 6) is 1.56. The maximum Gasteiger partial charge on any atom is 0.0900 e. The molecule has 88 valence electrons. The van der Waals surface area contributed by atoms with E-state index < -0.39 is 0 Å². The number of aliphatic hydroxyl groups is 1. The predicted molar refractivity (Wildman–Crippen MR) is 58.8 cm³/mol. The monoisotopic (exact) mass is 214 g/mol. The minimum atomic E-state index is -0.343. The summed E-state index contributed by atoms with van der Waals surface area (Å²) in [4.78, 5) is 2.40. The molecule has 0 amide bonds. The quantitative estimate of drug-likeness (QED) is 0.664. The van der Waals surface area contributed by atoms with Gasteiger partial charge < -0.3 is 15.2 Å². The molecule has 2 aliphatic heterocycles. The van der Waals surface area contributed by atoms with Gasteiger partial charge in [0.15, 0.2) is 0 Å². The van der Waals surface area contributed by atoms with E-state index in [9.17, 15) is 5.11 Å². The lowest BCUT2D eigenvalue weighted by atomic mass is 9.95. The first-order valence-electron chi connectivity index (χ1n) is 5.84. The maximum atomic E-state index is 9.71. The average molecular weight is 214 g/mol. The normalized spacial score (nSPS) is 38.2. The Morgan fingerprint density at radius 1 is 1.53 bits per heavy atom. The Balaban J connectivity index is 1.84. The molecule has 2 fully saturated rings. The number of aliphatic hydroxyl groups excluding tert-OH is 1. The third kappa shape index (κ3) is 2.33. The topological polar surface area (TPSA) is 44.7 Å². The fourth-order valence-electron chi connectivity index (χ4n) is 3.01. The lowest BCUT2D eigenvalue weighted by Gasteiger charge is -2.26. The zero-order valence-electron chi connectivity index (χ0n) is 9.65. The molecule has 2 N–H and O–H groups in total. The van der Waals surface area contributed by atoms with Crippen molar-refractivity contribution >= 4 is 0 Å². The summed E-state index contributed by atoms with van der Waals surface area (Å²) >= 11 is 0. The molecule has 0 aromatic heterocycles. The molecule has 2 saturated heterocycles. The van der Waals surface area contributed by atoms with Crippen molar-refractivity contribution in [2.45, 2.75) is 19.1 Å². The van der Waals surface area contributed by atoms with E-state index in [-0.39, 0.29) is 6.10 Å². The van der Waals surface area contributed by atoms with E-state index >= 15 is 0 Å². The van der Waals surface area contributed by atoms with Crippen LogP contribution < -0.4 is 5.32 Å². The van der Waals surface area contributed by atoms with Gasteiger partial charge in [0.25, 0.3) is 0 Å². The van der Waals surface area contributed by atoms with Gasteiger partial charge in [0.1, 0.15) is 0 Å². The number of hydrogen-bond donors (Lipinski definition) is 2. The van der Waals surface area contributed by atoms with Crippen LogP contribution in [0.15, 0.2) is 0 Å². The van der Waals surface area contributed by atoms with Crippen molar-refractivity contribution in [1.82, 2.24) is 10.2 Å². The molecule has 2 aliphatic rings. The molecule has 0 spiro atoms. The molecule has 4 heteroatoms. The third-order valence-corrected chi connectivity index (χ3v) is 3.86. The SMILES string of the molecule is COCC(O)CN1CC2CNCC2C1C. The molecule has 4 unspecified atom stereocenters. The van der Waals surface area contributed by atoms with Crippen molar-refractivity contribution in [2.24, 2.45) is 11.8 Å². The van der Waals surface area contributed by atoms with Gasteiger partial charge in [-0.3, -0.25) is 4.90 Å².